The van der Waals surface area contributed by atoms with E-state index in [2.05, 4.69) is 40.7 Å². The average molecular weight is 560 g/mol. The van der Waals surface area contributed by atoms with Crippen molar-refractivity contribution >= 4 is 0 Å². The SMILES string of the molecule is CCCCCCC(C)CCCC(C)CCCC(C)CCCC(C)CCCCCCCCCCCCCCCC#N. The Bertz CT molecular complexity index is 519. The van der Waals surface area contributed by atoms with E-state index in [1.54, 1.807) is 0 Å². The number of hydrogen-bond acceptors (Lipinski definition) is 1. The van der Waals surface area contributed by atoms with Crippen LogP contribution in [0.1, 0.15) is 221 Å². The molecule has 0 aliphatic rings. The number of hydrogen-bond donors (Lipinski definition) is 0. The summed E-state index contributed by atoms with van der Waals surface area (Å²) < 4.78 is 0. The molecule has 0 saturated heterocycles. The van der Waals surface area contributed by atoms with Crippen LogP contribution < -0.4 is 0 Å². The molecule has 1 heteroatoms. The van der Waals surface area contributed by atoms with Gasteiger partial charge in [-0.15, -0.1) is 0 Å². The van der Waals surface area contributed by atoms with Gasteiger partial charge in [0.2, 0.25) is 0 Å². The van der Waals surface area contributed by atoms with Crippen molar-refractivity contribution in [3.05, 3.63) is 0 Å². The van der Waals surface area contributed by atoms with Gasteiger partial charge in [0.25, 0.3) is 0 Å². The van der Waals surface area contributed by atoms with E-state index in [-0.39, 0.29) is 0 Å². The number of nitriles is 1. The summed E-state index contributed by atoms with van der Waals surface area (Å²) >= 11 is 0. The van der Waals surface area contributed by atoms with Gasteiger partial charge in [0.05, 0.1) is 6.07 Å². The van der Waals surface area contributed by atoms with Crippen molar-refractivity contribution < 1.29 is 0 Å². The molecule has 4 atom stereocenters. The zero-order valence-corrected chi connectivity index (χ0v) is 28.8. The molecule has 0 radical (unpaired) electrons. The zero-order chi connectivity index (χ0) is 29.5. The molecule has 238 valence electrons. The standard InChI is InChI=1S/C39H77N/c1-6-7-8-21-27-36(2)29-24-31-38(4)33-26-34-39(5)32-25-30-37(3)28-22-19-17-15-13-11-9-10-12-14-16-18-20-23-35-40/h36-39H,6-34H2,1-5H3. The Hall–Kier alpha value is -0.510. The molecular weight excluding hydrogens is 482 g/mol. The first-order valence-electron chi connectivity index (χ1n) is 18.9. The fraction of sp³-hybridized carbons (Fsp3) is 0.974. The molecule has 40 heavy (non-hydrogen) atoms. The van der Waals surface area contributed by atoms with Crippen molar-refractivity contribution in [2.45, 2.75) is 221 Å². The lowest BCUT2D eigenvalue weighted by Gasteiger charge is -2.17. The van der Waals surface area contributed by atoms with Gasteiger partial charge in [-0.1, -0.05) is 208 Å². The van der Waals surface area contributed by atoms with E-state index in [1.165, 1.54) is 173 Å². The number of nitrogens with zero attached hydrogens (tertiary/aromatic N) is 1. The molecule has 0 aromatic rings. The van der Waals surface area contributed by atoms with Gasteiger partial charge in [-0.3, -0.25) is 0 Å². The fourth-order valence-electron chi connectivity index (χ4n) is 6.58. The van der Waals surface area contributed by atoms with Gasteiger partial charge in [0, 0.05) is 6.42 Å². The van der Waals surface area contributed by atoms with Crippen molar-refractivity contribution in [2.75, 3.05) is 0 Å². The van der Waals surface area contributed by atoms with Gasteiger partial charge >= 0.3 is 0 Å². The van der Waals surface area contributed by atoms with E-state index < -0.39 is 0 Å². The maximum absolute atomic E-state index is 8.56. The van der Waals surface area contributed by atoms with Crippen molar-refractivity contribution in [1.82, 2.24) is 0 Å². The van der Waals surface area contributed by atoms with Crippen LogP contribution in [-0.4, -0.2) is 0 Å². The third-order valence-corrected chi connectivity index (χ3v) is 9.72. The van der Waals surface area contributed by atoms with Crippen molar-refractivity contribution in [3.8, 4) is 6.07 Å². The molecule has 0 saturated carbocycles. The summed E-state index contributed by atoms with van der Waals surface area (Å²) in [6.45, 7) is 12.3. The summed E-state index contributed by atoms with van der Waals surface area (Å²) in [5, 5.41) is 8.56. The van der Waals surface area contributed by atoms with E-state index >= 15 is 0 Å². The minimum absolute atomic E-state index is 0.747. The molecule has 0 aliphatic heterocycles. The van der Waals surface area contributed by atoms with Crippen LogP contribution in [-0.2, 0) is 0 Å². The van der Waals surface area contributed by atoms with E-state index in [9.17, 15) is 0 Å². The van der Waals surface area contributed by atoms with Crippen LogP contribution in [0, 0.1) is 35.0 Å². The van der Waals surface area contributed by atoms with Crippen LogP contribution in [0.2, 0.25) is 0 Å². The lowest BCUT2D eigenvalue weighted by atomic mass is 9.89. The smallest absolute Gasteiger partial charge is 0.0621 e. The summed E-state index contributed by atoms with van der Waals surface area (Å²) in [6.07, 6.45) is 40.5. The molecule has 0 N–H and O–H groups in total. The monoisotopic (exact) mass is 560 g/mol. The van der Waals surface area contributed by atoms with Crippen LogP contribution >= 0.6 is 0 Å². The van der Waals surface area contributed by atoms with Gasteiger partial charge in [0.1, 0.15) is 0 Å². The summed E-state index contributed by atoms with van der Waals surface area (Å²) in [5.41, 5.74) is 0. The van der Waals surface area contributed by atoms with E-state index in [1.807, 2.05) is 0 Å². The zero-order valence-electron chi connectivity index (χ0n) is 28.8. The van der Waals surface area contributed by atoms with E-state index in [0.29, 0.717) is 0 Å². The molecule has 0 aliphatic carbocycles. The first kappa shape index (κ1) is 39.5. The molecule has 0 spiro atoms. The van der Waals surface area contributed by atoms with Gasteiger partial charge in [-0.05, 0) is 30.1 Å². The highest BCUT2D eigenvalue weighted by molar-refractivity contribution is 4.67. The quantitative estimate of drug-likeness (QED) is 0.0752. The molecule has 0 fully saturated rings. The van der Waals surface area contributed by atoms with Crippen LogP contribution in [0.5, 0.6) is 0 Å². The second-order valence-electron chi connectivity index (χ2n) is 14.4. The molecular formula is C39H77N. The molecule has 0 aromatic heterocycles. The number of unbranched alkanes of at least 4 members (excludes halogenated alkanes) is 16. The van der Waals surface area contributed by atoms with Crippen LogP contribution in [0.4, 0.5) is 0 Å². The third-order valence-electron chi connectivity index (χ3n) is 9.72. The average Bonchev–Trinajstić information content (AvgIpc) is 2.93. The van der Waals surface area contributed by atoms with E-state index in [4.69, 9.17) is 5.26 Å². The normalized spacial score (nSPS) is 14.6. The van der Waals surface area contributed by atoms with E-state index in [0.717, 1.165) is 36.5 Å². The van der Waals surface area contributed by atoms with Gasteiger partial charge in [-0.25, -0.2) is 0 Å². The topological polar surface area (TPSA) is 23.8 Å². The van der Waals surface area contributed by atoms with Crippen molar-refractivity contribution in [2.24, 2.45) is 23.7 Å². The predicted molar refractivity (Wildman–Crippen MR) is 182 cm³/mol. The Morgan fingerprint density at radius 2 is 0.600 bits per heavy atom. The summed E-state index contributed by atoms with van der Waals surface area (Å²) in [5.74, 6) is 3.74. The van der Waals surface area contributed by atoms with Gasteiger partial charge < -0.3 is 0 Å². The molecule has 0 bridgehead atoms. The fourth-order valence-corrected chi connectivity index (χ4v) is 6.58. The molecule has 0 aromatic carbocycles. The molecule has 0 rings (SSSR count). The summed E-state index contributed by atoms with van der Waals surface area (Å²) in [4.78, 5) is 0. The number of rotatable bonds is 32. The maximum atomic E-state index is 8.56. The Morgan fingerprint density at radius 3 is 0.900 bits per heavy atom. The Balaban J connectivity index is 3.43. The Morgan fingerprint density at radius 1 is 0.350 bits per heavy atom. The highest BCUT2D eigenvalue weighted by Gasteiger charge is 2.09. The summed E-state index contributed by atoms with van der Waals surface area (Å²) in [7, 11) is 0. The molecule has 0 amide bonds. The Kier molecular flexibility index (Phi) is 31.0. The lowest BCUT2D eigenvalue weighted by Crippen LogP contribution is -2.02. The third kappa shape index (κ3) is 30.4. The Labute approximate surface area is 255 Å². The highest BCUT2D eigenvalue weighted by Crippen LogP contribution is 2.24. The van der Waals surface area contributed by atoms with Crippen LogP contribution in [0.15, 0.2) is 0 Å². The predicted octanol–water partition coefficient (Wildman–Crippen LogP) is 14.4. The molecule has 4 unspecified atom stereocenters. The van der Waals surface area contributed by atoms with Crippen molar-refractivity contribution in [1.29, 1.82) is 5.26 Å². The lowest BCUT2D eigenvalue weighted by molar-refractivity contribution is 0.365. The first-order chi connectivity index (χ1) is 19.5. The molecule has 0 heterocycles. The first-order valence-corrected chi connectivity index (χ1v) is 18.9. The summed E-state index contributed by atoms with van der Waals surface area (Å²) in [6, 6.07) is 2.25. The maximum Gasteiger partial charge on any atom is 0.0621 e. The highest BCUT2D eigenvalue weighted by atomic mass is 14.2. The largest absolute Gasteiger partial charge is 0.198 e. The minimum Gasteiger partial charge on any atom is -0.198 e. The second kappa shape index (κ2) is 31.4. The molecule has 1 nitrogen and oxygen atoms in total. The van der Waals surface area contributed by atoms with Gasteiger partial charge in [-0.2, -0.15) is 5.26 Å². The van der Waals surface area contributed by atoms with Crippen molar-refractivity contribution in [3.63, 3.8) is 0 Å². The van der Waals surface area contributed by atoms with Crippen LogP contribution in [0.3, 0.4) is 0 Å². The van der Waals surface area contributed by atoms with Gasteiger partial charge in [0.15, 0.2) is 0 Å². The second-order valence-corrected chi connectivity index (χ2v) is 14.4. The van der Waals surface area contributed by atoms with Crippen LogP contribution in [0.25, 0.3) is 0 Å². The minimum atomic E-state index is 0.747.